The van der Waals surface area contributed by atoms with Gasteiger partial charge >= 0.3 is 0 Å². The Labute approximate surface area is 178 Å². The van der Waals surface area contributed by atoms with Crippen molar-refractivity contribution in [1.29, 1.82) is 0 Å². The monoisotopic (exact) mass is 424 g/mol. The molecule has 0 bridgehead atoms. The molecule has 3 aromatic rings. The van der Waals surface area contributed by atoms with Crippen LogP contribution in [0.1, 0.15) is 23.8 Å². The van der Waals surface area contributed by atoms with E-state index in [9.17, 15) is 9.59 Å². The Morgan fingerprint density at radius 2 is 1.93 bits per heavy atom. The second kappa shape index (κ2) is 7.79. The quantitative estimate of drug-likeness (QED) is 0.637. The minimum atomic E-state index is -0.0864. The Morgan fingerprint density at radius 3 is 2.70 bits per heavy atom. The van der Waals surface area contributed by atoms with Crippen LogP contribution in [0.3, 0.4) is 0 Å². The van der Waals surface area contributed by atoms with E-state index in [1.54, 1.807) is 34.7 Å². The molecule has 0 aromatic carbocycles. The lowest BCUT2D eigenvalue weighted by molar-refractivity contribution is -0.132. The zero-order chi connectivity index (χ0) is 20.7. The number of carbonyl (C=O) groups is 1. The number of fused-ring (bicyclic) bond motifs is 3. The summed E-state index contributed by atoms with van der Waals surface area (Å²) in [6.07, 6.45) is 8.01. The van der Waals surface area contributed by atoms with Gasteiger partial charge in [-0.05, 0) is 36.8 Å². The Kier molecular flexibility index (Phi) is 4.98. The van der Waals surface area contributed by atoms with E-state index in [0.29, 0.717) is 38.0 Å². The molecule has 2 aliphatic rings. The molecule has 4 heterocycles. The number of nitrogens with zero attached hydrogens (tertiary/aromatic N) is 6. The van der Waals surface area contributed by atoms with Crippen molar-refractivity contribution in [3.05, 3.63) is 45.6 Å². The third kappa shape index (κ3) is 3.47. The molecule has 1 saturated heterocycles. The minimum Gasteiger partial charge on any atom is -0.338 e. The molecule has 1 aliphatic heterocycles. The van der Waals surface area contributed by atoms with E-state index in [0.717, 1.165) is 35.0 Å². The van der Waals surface area contributed by atoms with E-state index in [1.807, 2.05) is 0 Å². The fraction of sp³-hybridized carbons (Fsp3) is 0.476. The van der Waals surface area contributed by atoms with Crippen LogP contribution in [0.4, 0.5) is 5.95 Å². The summed E-state index contributed by atoms with van der Waals surface area (Å²) in [7, 11) is 0. The first-order valence-corrected chi connectivity index (χ1v) is 11.2. The lowest BCUT2D eigenvalue weighted by Gasteiger charge is -2.34. The number of anilines is 1. The fourth-order valence-electron chi connectivity index (χ4n) is 4.33. The SMILES string of the molecule is CC1CCc2c(sc3ncn(CC(=O)N4CCN(c5ncccn5)CC4)c(=O)c23)C1. The molecule has 1 amide bonds. The number of hydrogen-bond acceptors (Lipinski definition) is 7. The number of carbonyl (C=O) groups excluding carboxylic acids is 1. The molecule has 0 N–H and O–H groups in total. The van der Waals surface area contributed by atoms with Crippen molar-refractivity contribution in [3.8, 4) is 0 Å². The highest BCUT2D eigenvalue weighted by Gasteiger charge is 2.25. The fourth-order valence-corrected chi connectivity index (χ4v) is 5.68. The van der Waals surface area contributed by atoms with E-state index in [4.69, 9.17) is 0 Å². The van der Waals surface area contributed by atoms with Gasteiger partial charge in [0.15, 0.2) is 0 Å². The highest BCUT2D eigenvalue weighted by atomic mass is 32.1. The number of thiophene rings is 1. The molecular formula is C21H24N6O2S. The van der Waals surface area contributed by atoms with Gasteiger partial charge in [0.2, 0.25) is 11.9 Å². The van der Waals surface area contributed by atoms with Gasteiger partial charge in [0, 0.05) is 43.4 Å². The van der Waals surface area contributed by atoms with Crippen molar-refractivity contribution in [1.82, 2.24) is 24.4 Å². The maximum atomic E-state index is 13.1. The summed E-state index contributed by atoms with van der Waals surface area (Å²) < 4.78 is 1.47. The first-order chi connectivity index (χ1) is 14.6. The molecule has 9 heteroatoms. The van der Waals surface area contributed by atoms with E-state index in [1.165, 1.54) is 15.8 Å². The average Bonchev–Trinajstić information content (AvgIpc) is 3.14. The van der Waals surface area contributed by atoms with Crippen molar-refractivity contribution in [2.24, 2.45) is 5.92 Å². The predicted molar refractivity (Wildman–Crippen MR) is 116 cm³/mol. The Balaban J connectivity index is 1.31. The summed E-state index contributed by atoms with van der Waals surface area (Å²) in [6.45, 7) is 4.82. The standard InChI is InChI=1S/C21H24N6O2S/c1-14-3-4-15-16(11-14)30-19-18(15)20(29)27(13-24-19)12-17(28)25-7-9-26(10-8-25)21-22-5-2-6-23-21/h2,5-6,13-14H,3-4,7-12H2,1H3. The molecule has 0 saturated carbocycles. The first-order valence-electron chi connectivity index (χ1n) is 10.4. The van der Waals surface area contributed by atoms with Gasteiger partial charge in [-0.25, -0.2) is 15.0 Å². The van der Waals surface area contributed by atoms with E-state index in [-0.39, 0.29) is 18.0 Å². The van der Waals surface area contributed by atoms with Crippen molar-refractivity contribution >= 4 is 33.4 Å². The lowest BCUT2D eigenvalue weighted by Crippen LogP contribution is -2.50. The number of rotatable bonds is 3. The van der Waals surface area contributed by atoms with Crippen LogP contribution in [0, 0.1) is 5.92 Å². The number of amides is 1. The summed E-state index contributed by atoms with van der Waals surface area (Å²) in [5.74, 6) is 1.28. The van der Waals surface area contributed by atoms with Gasteiger partial charge in [0.1, 0.15) is 11.4 Å². The molecular weight excluding hydrogens is 400 g/mol. The topological polar surface area (TPSA) is 84.2 Å². The van der Waals surface area contributed by atoms with Gasteiger partial charge in [-0.3, -0.25) is 14.2 Å². The predicted octanol–water partition coefficient (Wildman–Crippen LogP) is 1.72. The maximum Gasteiger partial charge on any atom is 0.262 e. The van der Waals surface area contributed by atoms with Crippen LogP contribution in [0.15, 0.2) is 29.6 Å². The van der Waals surface area contributed by atoms with Crippen LogP contribution in [-0.2, 0) is 24.2 Å². The molecule has 1 aliphatic carbocycles. The first kappa shape index (κ1) is 19.2. The summed E-state index contributed by atoms with van der Waals surface area (Å²) in [5, 5.41) is 0.725. The molecule has 1 unspecified atom stereocenters. The lowest BCUT2D eigenvalue weighted by atomic mass is 9.89. The molecule has 1 fully saturated rings. The normalized spacial score (nSPS) is 19.2. The molecule has 3 aromatic heterocycles. The Morgan fingerprint density at radius 1 is 1.17 bits per heavy atom. The van der Waals surface area contributed by atoms with Gasteiger partial charge in [0.05, 0.1) is 11.7 Å². The van der Waals surface area contributed by atoms with Gasteiger partial charge in [-0.2, -0.15) is 0 Å². The number of aromatic nitrogens is 4. The molecule has 8 nitrogen and oxygen atoms in total. The maximum absolute atomic E-state index is 13.1. The largest absolute Gasteiger partial charge is 0.338 e. The number of piperazine rings is 1. The highest BCUT2D eigenvalue weighted by molar-refractivity contribution is 7.18. The summed E-state index contributed by atoms with van der Waals surface area (Å²) >= 11 is 1.63. The second-order valence-electron chi connectivity index (χ2n) is 8.13. The Bertz CT molecular complexity index is 1130. The van der Waals surface area contributed by atoms with E-state index < -0.39 is 0 Å². The molecule has 30 heavy (non-hydrogen) atoms. The van der Waals surface area contributed by atoms with Crippen molar-refractivity contribution in [2.75, 3.05) is 31.1 Å². The van der Waals surface area contributed by atoms with Crippen molar-refractivity contribution < 1.29 is 4.79 Å². The van der Waals surface area contributed by atoms with Gasteiger partial charge in [0.25, 0.3) is 5.56 Å². The van der Waals surface area contributed by atoms with Crippen LogP contribution < -0.4 is 10.5 Å². The van der Waals surface area contributed by atoms with Crippen LogP contribution >= 0.6 is 11.3 Å². The summed E-state index contributed by atoms with van der Waals surface area (Å²) in [4.78, 5) is 45.0. The van der Waals surface area contributed by atoms with Crippen LogP contribution in [0.5, 0.6) is 0 Å². The van der Waals surface area contributed by atoms with Crippen LogP contribution in [0.25, 0.3) is 10.2 Å². The van der Waals surface area contributed by atoms with E-state index in [2.05, 4.69) is 26.8 Å². The van der Waals surface area contributed by atoms with Gasteiger partial charge in [-0.15, -0.1) is 11.3 Å². The molecule has 1 atom stereocenters. The zero-order valence-corrected chi connectivity index (χ0v) is 17.8. The highest BCUT2D eigenvalue weighted by Crippen LogP contribution is 2.35. The Hall–Kier alpha value is -2.81. The minimum absolute atomic E-state index is 0.0324. The number of aryl methyl sites for hydroxylation is 1. The third-order valence-corrected chi connectivity index (χ3v) is 7.22. The molecule has 0 spiro atoms. The smallest absolute Gasteiger partial charge is 0.262 e. The third-order valence-electron chi connectivity index (χ3n) is 6.06. The van der Waals surface area contributed by atoms with Crippen molar-refractivity contribution in [2.45, 2.75) is 32.7 Å². The zero-order valence-electron chi connectivity index (χ0n) is 17.0. The average molecular weight is 425 g/mol. The molecule has 0 radical (unpaired) electrons. The van der Waals surface area contributed by atoms with Crippen molar-refractivity contribution in [3.63, 3.8) is 0 Å². The number of hydrogen-bond donors (Lipinski definition) is 0. The van der Waals surface area contributed by atoms with Crippen LogP contribution in [0.2, 0.25) is 0 Å². The summed E-state index contributed by atoms with van der Waals surface area (Å²) in [5.41, 5.74) is 1.07. The second-order valence-corrected chi connectivity index (χ2v) is 9.21. The summed E-state index contributed by atoms with van der Waals surface area (Å²) in [6, 6.07) is 1.79. The van der Waals surface area contributed by atoms with Crippen LogP contribution in [-0.4, -0.2) is 56.5 Å². The van der Waals surface area contributed by atoms with Gasteiger partial charge in [-0.1, -0.05) is 6.92 Å². The van der Waals surface area contributed by atoms with E-state index >= 15 is 0 Å². The van der Waals surface area contributed by atoms with Gasteiger partial charge < -0.3 is 9.80 Å². The molecule has 5 rings (SSSR count). The molecule has 156 valence electrons.